The van der Waals surface area contributed by atoms with Gasteiger partial charge in [0.25, 0.3) is 12.3 Å². The number of hydrogen-bond donors (Lipinski definition) is 0. The fourth-order valence-electron chi connectivity index (χ4n) is 4.88. The zero-order valence-corrected chi connectivity index (χ0v) is 16.8. The van der Waals surface area contributed by atoms with Gasteiger partial charge in [0.15, 0.2) is 11.4 Å². The Morgan fingerprint density at radius 1 is 1.06 bits per heavy atom. The van der Waals surface area contributed by atoms with Gasteiger partial charge < -0.3 is 14.5 Å². The van der Waals surface area contributed by atoms with E-state index in [0.29, 0.717) is 24.6 Å². The zero-order valence-electron chi connectivity index (χ0n) is 16.8. The van der Waals surface area contributed by atoms with E-state index >= 15 is 0 Å². The smallest absolute Gasteiger partial charge is 0.283 e. The summed E-state index contributed by atoms with van der Waals surface area (Å²) >= 11 is 0. The summed E-state index contributed by atoms with van der Waals surface area (Å²) in [5.41, 5.74) is -1.68. The van der Waals surface area contributed by atoms with Crippen LogP contribution in [0, 0.1) is 17.5 Å². The Balaban J connectivity index is 1.33. The first-order valence-corrected chi connectivity index (χ1v) is 10.3. The molecule has 0 radical (unpaired) electrons. The maximum atomic E-state index is 13.7. The van der Waals surface area contributed by atoms with Crippen molar-refractivity contribution in [2.24, 2.45) is 0 Å². The Morgan fingerprint density at radius 2 is 1.75 bits per heavy atom. The SMILES string of the molecule is O=C1N2[C@@H](CC[C@H]2c2cc(F)cc(F)c2)OC12CCN(c1ncc(F)c(C(F)F)n1)CC2. The number of rotatable bonds is 3. The highest BCUT2D eigenvalue weighted by atomic mass is 19.3. The number of hydrogen-bond acceptors (Lipinski definition) is 5. The number of anilines is 1. The number of carbonyl (C=O) groups is 1. The standard InChI is InChI=1S/C21H19F5N4O2/c22-12-7-11(8-13(23)9-12)15-1-2-16-30(15)19(31)21(32-16)3-5-29(6-4-21)20-27-10-14(24)17(28-20)18(25)26/h7-10,15-16,18H,1-6H2/t15-,16+/m0/s1. The normalized spacial score (nSPS) is 24.6. The first kappa shape index (κ1) is 21.0. The summed E-state index contributed by atoms with van der Waals surface area (Å²) in [7, 11) is 0. The molecule has 6 nitrogen and oxygen atoms in total. The Hall–Kier alpha value is -2.82. The lowest BCUT2D eigenvalue weighted by atomic mass is 9.89. The van der Waals surface area contributed by atoms with Gasteiger partial charge in [0.2, 0.25) is 5.95 Å². The third-order valence-electron chi connectivity index (χ3n) is 6.41. The molecule has 11 heteroatoms. The van der Waals surface area contributed by atoms with E-state index in [4.69, 9.17) is 4.74 Å². The van der Waals surface area contributed by atoms with Crippen LogP contribution in [0.25, 0.3) is 0 Å². The average molecular weight is 454 g/mol. The number of carbonyl (C=O) groups excluding carboxylic acids is 1. The minimum Gasteiger partial charge on any atom is -0.342 e. The van der Waals surface area contributed by atoms with Crippen LogP contribution in [0.1, 0.15) is 49.4 Å². The first-order chi connectivity index (χ1) is 15.3. The second-order valence-corrected chi connectivity index (χ2v) is 8.27. The molecule has 170 valence electrons. The van der Waals surface area contributed by atoms with Gasteiger partial charge in [-0.3, -0.25) is 4.79 Å². The maximum Gasteiger partial charge on any atom is 0.283 e. The summed E-state index contributed by atoms with van der Waals surface area (Å²) in [4.78, 5) is 24.0. The summed E-state index contributed by atoms with van der Waals surface area (Å²) in [5.74, 6) is -2.87. The van der Waals surface area contributed by atoms with E-state index < -0.39 is 47.4 Å². The number of ether oxygens (including phenoxy) is 1. The van der Waals surface area contributed by atoms with Crippen molar-refractivity contribution < 1.29 is 31.5 Å². The number of nitrogens with zero attached hydrogens (tertiary/aromatic N) is 4. The lowest BCUT2D eigenvalue weighted by Crippen LogP contribution is -2.50. The molecule has 0 N–H and O–H groups in total. The molecule has 1 aromatic heterocycles. The molecule has 3 saturated heterocycles. The van der Waals surface area contributed by atoms with Crippen molar-refractivity contribution in [3.8, 4) is 0 Å². The van der Waals surface area contributed by atoms with Gasteiger partial charge in [-0.2, -0.15) is 0 Å². The van der Waals surface area contributed by atoms with Crippen LogP contribution in [0.3, 0.4) is 0 Å². The number of benzene rings is 1. The largest absolute Gasteiger partial charge is 0.342 e. The van der Waals surface area contributed by atoms with E-state index in [-0.39, 0.29) is 37.8 Å². The highest BCUT2D eigenvalue weighted by Crippen LogP contribution is 2.48. The van der Waals surface area contributed by atoms with Gasteiger partial charge in [-0.05, 0) is 30.5 Å². The predicted molar refractivity (Wildman–Crippen MR) is 101 cm³/mol. The Labute approximate surface area is 180 Å². The van der Waals surface area contributed by atoms with Crippen LogP contribution in [0.2, 0.25) is 0 Å². The van der Waals surface area contributed by atoms with Crippen LogP contribution in [0.5, 0.6) is 0 Å². The molecule has 1 amide bonds. The zero-order chi connectivity index (χ0) is 22.6. The Morgan fingerprint density at radius 3 is 2.41 bits per heavy atom. The topological polar surface area (TPSA) is 58.6 Å². The Bertz CT molecular complexity index is 1040. The van der Waals surface area contributed by atoms with Crippen LogP contribution >= 0.6 is 0 Å². The second kappa shape index (κ2) is 7.65. The van der Waals surface area contributed by atoms with Crippen molar-refractivity contribution in [2.45, 2.75) is 50.0 Å². The summed E-state index contributed by atoms with van der Waals surface area (Å²) in [5, 5.41) is 0. The molecule has 2 aromatic rings. The molecule has 4 heterocycles. The summed E-state index contributed by atoms with van der Waals surface area (Å²) in [6, 6.07) is 2.75. The number of fused-ring (bicyclic) bond motifs is 1. The molecular formula is C21H19F5N4O2. The molecular weight excluding hydrogens is 435 g/mol. The number of halogens is 5. The second-order valence-electron chi connectivity index (χ2n) is 8.27. The minimum atomic E-state index is -3.07. The third kappa shape index (κ3) is 3.39. The predicted octanol–water partition coefficient (Wildman–Crippen LogP) is 3.89. The van der Waals surface area contributed by atoms with Crippen LogP contribution in [-0.4, -0.2) is 45.7 Å². The van der Waals surface area contributed by atoms with Gasteiger partial charge in [-0.15, -0.1) is 0 Å². The van der Waals surface area contributed by atoms with Crippen molar-refractivity contribution in [1.82, 2.24) is 14.9 Å². The molecule has 1 aromatic carbocycles. The van der Waals surface area contributed by atoms with Gasteiger partial charge >= 0.3 is 0 Å². The molecule has 1 spiro atoms. The first-order valence-electron chi connectivity index (χ1n) is 10.3. The average Bonchev–Trinajstić information content (AvgIpc) is 3.26. The van der Waals surface area contributed by atoms with Crippen molar-refractivity contribution >= 4 is 11.9 Å². The fraction of sp³-hybridized carbons (Fsp3) is 0.476. The monoisotopic (exact) mass is 454 g/mol. The lowest BCUT2D eigenvalue weighted by molar-refractivity contribution is -0.140. The fourth-order valence-corrected chi connectivity index (χ4v) is 4.88. The van der Waals surface area contributed by atoms with Gasteiger partial charge in [-0.1, -0.05) is 0 Å². The summed E-state index contributed by atoms with van der Waals surface area (Å²) < 4.78 is 73.0. The molecule has 0 unspecified atom stereocenters. The molecule has 0 saturated carbocycles. The molecule has 0 bridgehead atoms. The van der Waals surface area contributed by atoms with Gasteiger partial charge in [0, 0.05) is 32.0 Å². The van der Waals surface area contributed by atoms with E-state index in [2.05, 4.69) is 9.97 Å². The molecule has 3 fully saturated rings. The quantitative estimate of drug-likeness (QED) is 0.659. The van der Waals surface area contributed by atoms with E-state index in [9.17, 15) is 26.7 Å². The van der Waals surface area contributed by atoms with E-state index in [1.165, 1.54) is 12.1 Å². The summed E-state index contributed by atoms with van der Waals surface area (Å²) in [6.07, 6.45) is -1.26. The Kier molecular flexibility index (Phi) is 5.03. The number of piperidine rings is 1. The molecule has 3 aliphatic rings. The van der Waals surface area contributed by atoms with Crippen LogP contribution in [0.4, 0.5) is 27.9 Å². The molecule has 32 heavy (non-hydrogen) atoms. The highest BCUT2D eigenvalue weighted by molar-refractivity contribution is 5.88. The van der Waals surface area contributed by atoms with Gasteiger partial charge in [-0.25, -0.2) is 31.9 Å². The maximum absolute atomic E-state index is 13.7. The molecule has 2 atom stereocenters. The molecule has 0 aliphatic carbocycles. The van der Waals surface area contributed by atoms with Crippen molar-refractivity contribution in [3.63, 3.8) is 0 Å². The van der Waals surface area contributed by atoms with Crippen LogP contribution < -0.4 is 4.90 Å². The summed E-state index contributed by atoms with van der Waals surface area (Å²) in [6.45, 7) is 0.500. The minimum absolute atomic E-state index is 0.0318. The van der Waals surface area contributed by atoms with E-state index in [0.717, 1.165) is 6.07 Å². The van der Waals surface area contributed by atoms with Crippen molar-refractivity contribution in [3.05, 3.63) is 53.1 Å². The molecule has 5 rings (SSSR count). The lowest BCUT2D eigenvalue weighted by Gasteiger charge is -2.37. The van der Waals surface area contributed by atoms with Crippen LogP contribution in [-0.2, 0) is 9.53 Å². The number of amides is 1. The van der Waals surface area contributed by atoms with Crippen molar-refractivity contribution in [2.75, 3.05) is 18.0 Å². The molecule has 3 aliphatic heterocycles. The van der Waals surface area contributed by atoms with E-state index in [1.807, 2.05) is 0 Å². The third-order valence-corrected chi connectivity index (χ3v) is 6.41. The van der Waals surface area contributed by atoms with Crippen molar-refractivity contribution in [1.29, 1.82) is 0 Å². The number of aromatic nitrogens is 2. The van der Waals surface area contributed by atoms with Gasteiger partial charge in [0.05, 0.1) is 12.2 Å². The van der Waals surface area contributed by atoms with E-state index in [1.54, 1.807) is 9.80 Å². The van der Waals surface area contributed by atoms with Crippen LogP contribution in [0.15, 0.2) is 24.4 Å². The number of alkyl halides is 2. The highest BCUT2D eigenvalue weighted by Gasteiger charge is 2.58. The van der Waals surface area contributed by atoms with Gasteiger partial charge in [0.1, 0.15) is 23.6 Å².